The van der Waals surface area contributed by atoms with Crippen LogP contribution < -0.4 is 0 Å². The van der Waals surface area contributed by atoms with Gasteiger partial charge in [0.1, 0.15) is 6.10 Å². The number of aryl methyl sites for hydroxylation is 1. The number of aliphatic hydroxyl groups is 1. The summed E-state index contributed by atoms with van der Waals surface area (Å²) in [5, 5.41) is 11.6. The number of benzene rings is 1. The highest BCUT2D eigenvalue weighted by atomic mass is 16.3. The smallest absolute Gasteiger partial charge is 0.106 e. The molecule has 3 nitrogen and oxygen atoms in total. The Morgan fingerprint density at radius 2 is 1.89 bits per heavy atom. The minimum Gasteiger partial charge on any atom is -0.384 e. The second-order valence-electron chi connectivity index (χ2n) is 4.55. The van der Waals surface area contributed by atoms with Crippen LogP contribution in [0, 0.1) is 6.92 Å². The first-order chi connectivity index (χ1) is 9.27. The molecule has 0 aliphatic rings. The van der Waals surface area contributed by atoms with Crippen molar-refractivity contribution in [3.8, 4) is 0 Å². The van der Waals surface area contributed by atoms with Crippen LogP contribution in [0.15, 0.2) is 55.0 Å². The van der Waals surface area contributed by atoms with E-state index in [-0.39, 0.29) is 0 Å². The van der Waals surface area contributed by atoms with Crippen molar-refractivity contribution < 1.29 is 5.11 Å². The largest absolute Gasteiger partial charge is 0.384 e. The number of hydrogen-bond acceptors (Lipinski definition) is 3. The van der Waals surface area contributed by atoms with Crippen LogP contribution in [0.4, 0.5) is 0 Å². The maximum atomic E-state index is 10.6. The zero-order valence-corrected chi connectivity index (χ0v) is 10.6. The molecular weight excluding hydrogens is 236 g/mol. The molecule has 1 unspecified atom stereocenters. The number of nitrogens with zero attached hydrogens (tertiary/aromatic N) is 2. The van der Waals surface area contributed by atoms with E-state index in [1.54, 1.807) is 18.6 Å². The summed E-state index contributed by atoms with van der Waals surface area (Å²) in [7, 11) is 0. The highest BCUT2D eigenvalue weighted by molar-refractivity contribution is 5.82. The van der Waals surface area contributed by atoms with Crippen molar-refractivity contribution in [3.05, 3.63) is 71.7 Å². The Bertz CT molecular complexity index is 719. The average Bonchev–Trinajstić information content (AvgIpc) is 2.46. The first-order valence-corrected chi connectivity index (χ1v) is 6.19. The Balaban J connectivity index is 2.17. The lowest BCUT2D eigenvalue weighted by Crippen LogP contribution is -2.03. The van der Waals surface area contributed by atoms with Gasteiger partial charge in [0, 0.05) is 29.5 Å². The zero-order valence-electron chi connectivity index (χ0n) is 10.6. The van der Waals surface area contributed by atoms with Gasteiger partial charge in [0.05, 0.1) is 5.52 Å². The van der Waals surface area contributed by atoms with Gasteiger partial charge in [0.2, 0.25) is 0 Å². The fourth-order valence-electron chi connectivity index (χ4n) is 2.30. The third-order valence-corrected chi connectivity index (χ3v) is 3.35. The predicted octanol–water partition coefficient (Wildman–Crippen LogP) is 3.02. The monoisotopic (exact) mass is 250 g/mol. The van der Waals surface area contributed by atoms with Crippen LogP contribution in [0.2, 0.25) is 0 Å². The number of hydrogen-bond donors (Lipinski definition) is 1. The van der Waals surface area contributed by atoms with Crippen molar-refractivity contribution in [2.24, 2.45) is 0 Å². The maximum Gasteiger partial charge on any atom is 0.106 e. The molecule has 1 N–H and O–H groups in total. The molecule has 94 valence electrons. The topological polar surface area (TPSA) is 46.0 Å². The lowest BCUT2D eigenvalue weighted by molar-refractivity contribution is 0.220. The first kappa shape index (κ1) is 11.8. The molecule has 0 radical (unpaired) electrons. The highest BCUT2D eigenvalue weighted by Gasteiger charge is 2.15. The fourth-order valence-corrected chi connectivity index (χ4v) is 2.30. The number of rotatable bonds is 2. The van der Waals surface area contributed by atoms with E-state index < -0.39 is 6.10 Å². The van der Waals surface area contributed by atoms with Gasteiger partial charge >= 0.3 is 0 Å². The van der Waals surface area contributed by atoms with Gasteiger partial charge in [-0.1, -0.05) is 18.2 Å². The van der Waals surface area contributed by atoms with Crippen molar-refractivity contribution >= 4 is 10.9 Å². The van der Waals surface area contributed by atoms with E-state index in [4.69, 9.17) is 0 Å². The molecule has 3 heteroatoms. The normalized spacial score (nSPS) is 12.5. The van der Waals surface area contributed by atoms with E-state index in [2.05, 4.69) is 9.97 Å². The Morgan fingerprint density at radius 1 is 1.00 bits per heavy atom. The van der Waals surface area contributed by atoms with Gasteiger partial charge in [-0.05, 0) is 36.2 Å². The molecule has 0 saturated heterocycles. The highest BCUT2D eigenvalue weighted by Crippen LogP contribution is 2.29. The van der Waals surface area contributed by atoms with Crippen LogP contribution in [0.25, 0.3) is 10.9 Å². The van der Waals surface area contributed by atoms with Crippen LogP contribution in [-0.4, -0.2) is 15.1 Å². The van der Waals surface area contributed by atoms with E-state index in [0.717, 1.165) is 27.6 Å². The van der Waals surface area contributed by atoms with Gasteiger partial charge in [0.15, 0.2) is 0 Å². The molecule has 0 saturated carbocycles. The second-order valence-corrected chi connectivity index (χ2v) is 4.55. The molecule has 1 aromatic carbocycles. The van der Waals surface area contributed by atoms with Crippen LogP contribution >= 0.6 is 0 Å². The summed E-state index contributed by atoms with van der Waals surface area (Å²) in [5.74, 6) is 0. The Kier molecular flexibility index (Phi) is 2.97. The summed E-state index contributed by atoms with van der Waals surface area (Å²) in [6, 6.07) is 11.6. The molecular formula is C16H14N2O. The van der Waals surface area contributed by atoms with E-state index in [1.165, 1.54) is 0 Å². The van der Waals surface area contributed by atoms with E-state index in [0.29, 0.717) is 0 Å². The van der Waals surface area contributed by atoms with Crippen molar-refractivity contribution in [1.29, 1.82) is 0 Å². The number of pyridine rings is 2. The Labute approximate surface area is 111 Å². The van der Waals surface area contributed by atoms with Gasteiger partial charge < -0.3 is 5.11 Å². The van der Waals surface area contributed by atoms with Crippen molar-refractivity contribution in [2.75, 3.05) is 0 Å². The quantitative estimate of drug-likeness (QED) is 0.760. The summed E-state index contributed by atoms with van der Waals surface area (Å²) in [6.07, 6.45) is 4.53. The number of fused-ring (bicyclic) bond motifs is 1. The van der Waals surface area contributed by atoms with E-state index in [1.807, 2.05) is 43.3 Å². The summed E-state index contributed by atoms with van der Waals surface area (Å²) in [6.45, 7) is 1.98. The van der Waals surface area contributed by atoms with Crippen LogP contribution in [0.3, 0.4) is 0 Å². The minimum absolute atomic E-state index is 0.679. The number of aliphatic hydroxyl groups excluding tert-OH is 1. The standard InChI is InChI=1S/C16H14N2O/c1-11-7-9-17-10-14(11)16(19)13-4-2-6-15-12(13)5-3-8-18-15/h2-10,16,19H,1H3. The molecule has 1 atom stereocenters. The van der Waals surface area contributed by atoms with Crippen molar-refractivity contribution in [3.63, 3.8) is 0 Å². The van der Waals surface area contributed by atoms with Gasteiger partial charge in [-0.15, -0.1) is 0 Å². The van der Waals surface area contributed by atoms with Crippen LogP contribution in [0.5, 0.6) is 0 Å². The molecule has 0 fully saturated rings. The lowest BCUT2D eigenvalue weighted by atomic mass is 9.96. The summed E-state index contributed by atoms with van der Waals surface area (Å²) >= 11 is 0. The van der Waals surface area contributed by atoms with Crippen molar-refractivity contribution in [1.82, 2.24) is 9.97 Å². The summed E-state index contributed by atoms with van der Waals surface area (Å²) < 4.78 is 0. The molecule has 2 heterocycles. The Morgan fingerprint density at radius 3 is 2.74 bits per heavy atom. The van der Waals surface area contributed by atoms with Gasteiger partial charge in [-0.25, -0.2) is 0 Å². The van der Waals surface area contributed by atoms with Gasteiger partial charge in [-0.2, -0.15) is 0 Å². The molecule has 0 spiro atoms. The third-order valence-electron chi connectivity index (χ3n) is 3.35. The van der Waals surface area contributed by atoms with Crippen LogP contribution in [0.1, 0.15) is 22.8 Å². The average molecular weight is 250 g/mol. The molecule has 0 aliphatic heterocycles. The van der Waals surface area contributed by atoms with Gasteiger partial charge in [-0.3, -0.25) is 9.97 Å². The molecule has 0 aliphatic carbocycles. The molecule has 3 aromatic rings. The summed E-state index contributed by atoms with van der Waals surface area (Å²) in [5.41, 5.74) is 3.62. The lowest BCUT2D eigenvalue weighted by Gasteiger charge is -2.15. The number of aromatic nitrogens is 2. The molecule has 3 rings (SSSR count). The van der Waals surface area contributed by atoms with E-state index in [9.17, 15) is 5.11 Å². The maximum absolute atomic E-state index is 10.6. The van der Waals surface area contributed by atoms with Crippen LogP contribution in [-0.2, 0) is 0 Å². The van der Waals surface area contributed by atoms with Crippen molar-refractivity contribution in [2.45, 2.75) is 13.0 Å². The Hall–Kier alpha value is -2.26. The second kappa shape index (κ2) is 4.78. The summed E-state index contributed by atoms with van der Waals surface area (Å²) in [4.78, 5) is 8.41. The first-order valence-electron chi connectivity index (χ1n) is 6.19. The fraction of sp³-hybridized carbons (Fsp3) is 0.125. The SMILES string of the molecule is Cc1ccncc1C(O)c1cccc2ncccc12. The van der Waals surface area contributed by atoms with E-state index >= 15 is 0 Å². The predicted molar refractivity (Wildman–Crippen MR) is 74.8 cm³/mol. The van der Waals surface area contributed by atoms with Gasteiger partial charge in [0.25, 0.3) is 0 Å². The molecule has 19 heavy (non-hydrogen) atoms. The zero-order chi connectivity index (χ0) is 13.2. The third kappa shape index (κ3) is 2.09. The minimum atomic E-state index is -0.679. The molecule has 0 bridgehead atoms. The molecule has 0 amide bonds. The molecule has 2 aromatic heterocycles.